The lowest BCUT2D eigenvalue weighted by atomic mass is 9.85. The number of H-pyrrole nitrogens is 1. The molecule has 0 spiro atoms. The number of nitrogens with zero attached hydrogens (tertiary/aromatic N) is 3. The van der Waals surface area contributed by atoms with Crippen LogP contribution in [0.5, 0.6) is 5.75 Å². The fourth-order valence-corrected chi connectivity index (χ4v) is 7.06. The molecule has 276 valence electrons. The number of nitrogens with one attached hydrogen (secondary N) is 3. The predicted octanol–water partition coefficient (Wildman–Crippen LogP) is 3.91. The van der Waals surface area contributed by atoms with Crippen molar-refractivity contribution in [3.63, 3.8) is 0 Å². The molecule has 13 heteroatoms. The van der Waals surface area contributed by atoms with Crippen molar-refractivity contribution in [1.29, 1.82) is 0 Å². The smallest absolute Gasteiger partial charge is 0.287 e. The molecule has 0 bridgehead atoms. The Balaban J connectivity index is 1.34. The van der Waals surface area contributed by atoms with Crippen LogP contribution in [0.3, 0.4) is 0 Å². The lowest BCUT2D eigenvalue weighted by Gasteiger charge is -2.35. The van der Waals surface area contributed by atoms with Gasteiger partial charge in [-0.2, -0.15) is 0 Å². The highest BCUT2D eigenvalue weighted by molar-refractivity contribution is 6.37. The van der Waals surface area contributed by atoms with Crippen LogP contribution in [0.15, 0.2) is 29.8 Å². The number of carbonyl (C=O) groups is 5. The van der Waals surface area contributed by atoms with Crippen LogP contribution >= 0.6 is 0 Å². The van der Waals surface area contributed by atoms with Gasteiger partial charge in [0, 0.05) is 48.5 Å². The molecule has 51 heavy (non-hydrogen) atoms. The highest BCUT2D eigenvalue weighted by Crippen LogP contribution is 2.47. The van der Waals surface area contributed by atoms with Crippen LogP contribution < -0.4 is 15.4 Å². The number of methoxy groups -OCH3 is 1. The second kappa shape index (κ2) is 15.8. The largest absolute Gasteiger partial charge is 0.496 e. The van der Waals surface area contributed by atoms with Crippen molar-refractivity contribution in [3.05, 3.63) is 47.0 Å². The van der Waals surface area contributed by atoms with Crippen LogP contribution in [0.4, 0.5) is 0 Å². The van der Waals surface area contributed by atoms with E-state index >= 15 is 0 Å². The second-order valence-corrected chi connectivity index (χ2v) is 15.4. The third-order valence-electron chi connectivity index (χ3n) is 10.1. The van der Waals surface area contributed by atoms with Gasteiger partial charge in [-0.1, -0.05) is 39.3 Å². The predicted molar refractivity (Wildman–Crippen MR) is 190 cm³/mol. The van der Waals surface area contributed by atoms with Crippen molar-refractivity contribution in [2.75, 3.05) is 13.7 Å². The van der Waals surface area contributed by atoms with E-state index in [9.17, 15) is 24.0 Å². The number of rotatable bonds is 16. The highest BCUT2D eigenvalue weighted by Gasteiger charge is 2.50. The van der Waals surface area contributed by atoms with Crippen molar-refractivity contribution in [1.82, 2.24) is 25.5 Å². The molecule has 0 unspecified atom stereocenters. The van der Waals surface area contributed by atoms with Gasteiger partial charge in [0.2, 0.25) is 17.6 Å². The van der Waals surface area contributed by atoms with Crippen molar-refractivity contribution in [3.8, 4) is 5.75 Å². The first kappa shape index (κ1) is 37.7. The van der Waals surface area contributed by atoms with Gasteiger partial charge in [0.1, 0.15) is 17.9 Å². The van der Waals surface area contributed by atoms with Gasteiger partial charge in [-0.25, -0.2) is 4.98 Å². The van der Waals surface area contributed by atoms with Crippen LogP contribution in [-0.2, 0) is 28.8 Å². The Bertz CT molecular complexity index is 1620. The first-order valence-electron chi connectivity index (χ1n) is 18.0. The maximum atomic E-state index is 14.5. The number of aryl methyl sites for hydroxylation is 2. The zero-order valence-corrected chi connectivity index (χ0v) is 30.8. The number of imidazole rings is 1. The van der Waals surface area contributed by atoms with Crippen LogP contribution in [-0.4, -0.2) is 88.3 Å². The minimum atomic E-state index is -0.937. The quantitative estimate of drug-likeness (QED) is 0.134. The van der Waals surface area contributed by atoms with Crippen molar-refractivity contribution >= 4 is 35.5 Å². The van der Waals surface area contributed by atoms with E-state index in [2.05, 4.69) is 25.8 Å². The summed E-state index contributed by atoms with van der Waals surface area (Å²) in [6.45, 7) is 11.4. The van der Waals surface area contributed by atoms with Crippen molar-refractivity contribution < 1.29 is 33.5 Å². The monoisotopic (exact) mass is 704 g/mol. The molecular formula is C38H52N6O7. The zero-order chi connectivity index (χ0) is 37.0. The van der Waals surface area contributed by atoms with Crippen molar-refractivity contribution in [2.45, 2.75) is 117 Å². The highest BCUT2D eigenvalue weighted by atomic mass is 16.6. The number of oxime groups is 1. The Morgan fingerprint density at radius 2 is 1.82 bits per heavy atom. The van der Waals surface area contributed by atoms with E-state index in [0.717, 1.165) is 41.0 Å². The molecule has 3 aliphatic rings. The van der Waals surface area contributed by atoms with Crippen LogP contribution in [0.1, 0.15) is 101 Å². The molecule has 3 fully saturated rings. The molecule has 1 saturated heterocycles. The first-order chi connectivity index (χ1) is 24.2. The van der Waals surface area contributed by atoms with Gasteiger partial charge in [0.25, 0.3) is 5.91 Å². The Labute approximate surface area is 299 Å². The summed E-state index contributed by atoms with van der Waals surface area (Å²) in [6, 6.07) is 2.00. The van der Waals surface area contributed by atoms with Gasteiger partial charge in [-0.15, -0.1) is 0 Å². The molecule has 2 heterocycles. The van der Waals surface area contributed by atoms with Crippen LogP contribution in [0.2, 0.25) is 0 Å². The zero-order valence-electron chi connectivity index (χ0n) is 30.8. The SMILES string of the molecule is CCC[C@H](CC(=O)[C@@H]1C[C@@H](O/N=C/c2cc(C)c(OC)c(C)c2)CN1C(=O)[C@@H](NC(=O)[C@@H]1C[C@H]1c1cnc[nH]1)C(C)(C)C)C(=O)C(=O)NC1CC1. The number of ketones is 2. The van der Waals surface area contributed by atoms with Crippen LogP contribution in [0, 0.1) is 31.1 Å². The topological polar surface area (TPSA) is 172 Å². The standard InChI is InChI=1S/C38H52N6O7/c1-8-9-24(32(46)36(48)42-25-10-11-25)14-31(45)30-15-26(51-41-17-23-12-21(2)33(50-7)22(3)13-23)19-44(30)37(49)34(38(4,5)6)43-35(47)28-16-27(28)29-18-39-20-40-29/h12-13,17-18,20,24-28,30,34H,8-11,14-16,19H2,1-7H3,(H,39,40)(H,42,48)(H,43,47)/b41-17+/t24-,26-,27-,28-,30+,34-/m1/s1. The van der Waals surface area contributed by atoms with E-state index in [0.29, 0.717) is 19.3 Å². The number of amides is 3. The van der Waals surface area contributed by atoms with E-state index in [-0.39, 0.29) is 49.0 Å². The average molecular weight is 705 g/mol. The number of ether oxygens (including phenoxy) is 1. The normalized spacial score (nSPS) is 22.7. The molecular weight excluding hydrogens is 652 g/mol. The summed E-state index contributed by atoms with van der Waals surface area (Å²) >= 11 is 0. The number of likely N-dealkylation sites (tertiary alicyclic amines) is 1. The molecule has 3 N–H and O–H groups in total. The maximum absolute atomic E-state index is 14.5. The average Bonchev–Trinajstić information content (AvgIpc) is 3.96. The Hall–Kier alpha value is -4.55. The van der Waals surface area contributed by atoms with E-state index in [1.54, 1.807) is 25.8 Å². The summed E-state index contributed by atoms with van der Waals surface area (Å²) in [5.74, 6) is -2.53. The molecule has 6 atom stereocenters. The molecule has 0 radical (unpaired) electrons. The van der Waals surface area contributed by atoms with E-state index in [4.69, 9.17) is 9.57 Å². The lowest BCUT2D eigenvalue weighted by molar-refractivity contribution is -0.145. The third kappa shape index (κ3) is 9.22. The number of aromatic nitrogens is 2. The fourth-order valence-electron chi connectivity index (χ4n) is 7.06. The van der Waals surface area contributed by atoms with Gasteiger partial charge in [0.15, 0.2) is 5.78 Å². The third-order valence-corrected chi connectivity index (χ3v) is 10.1. The summed E-state index contributed by atoms with van der Waals surface area (Å²) in [5, 5.41) is 9.97. The molecule has 1 aliphatic heterocycles. The van der Waals surface area contributed by atoms with Gasteiger partial charge >= 0.3 is 0 Å². The van der Waals surface area contributed by atoms with Crippen LogP contribution in [0.25, 0.3) is 0 Å². The van der Waals surface area contributed by atoms with E-state index in [1.165, 1.54) is 4.90 Å². The molecule has 2 aromatic rings. The number of benzene rings is 1. The number of aromatic amines is 1. The molecule has 1 aromatic heterocycles. The summed E-state index contributed by atoms with van der Waals surface area (Å²) in [6.07, 6.45) is 7.52. The number of carbonyl (C=O) groups excluding carboxylic acids is 5. The summed E-state index contributed by atoms with van der Waals surface area (Å²) in [5.41, 5.74) is 2.88. The lowest BCUT2D eigenvalue weighted by Crippen LogP contribution is -2.57. The molecule has 1 aromatic carbocycles. The minimum absolute atomic E-state index is 0.00315. The number of hydrogen-bond acceptors (Lipinski definition) is 9. The molecule has 3 amide bonds. The summed E-state index contributed by atoms with van der Waals surface area (Å²) in [7, 11) is 1.62. The fraction of sp³-hybridized carbons (Fsp3) is 0.605. The molecule has 5 rings (SSSR count). The van der Waals surface area contributed by atoms with E-state index < -0.39 is 47.1 Å². The van der Waals surface area contributed by atoms with E-state index in [1.807, 2.05) is 53.7 Å². The van der Waals surface area contributed by atoms with Gasteiger partial charge in [-0.05, 0) is 73.8 Å². The summed E-state index contributed by atoms with van der Waals surface area (Å²) < 4.78 is 5.46. The molecule has 2 saturated carbocycles. The van der Waals surface area contributed by atoms with Gasteiger partial charge < -0.3 is 30.1 Å². The first-order valence-corrected chi connectivity index (χ1v) is 18.0. The van der Waals surface area contributed by atoms with Gasteiger partial charge in [-0.3, -0.25) is 24.0 Å². The number of hydrogen-bond donors (Lipinski definition) is 3. The second-order valence-electron chi connectivity index (χ2n) is 15.4. The Kier molecular flexibility index (Phi) is 11.7. The maximum Gasteiger partial charge on any atom is 0.287 e. The number of Topliss-reactive ketones (excluding diaryl/α,β-unsaturated/α-hetero) is 2. The minimum Gasteiger partial charge on any atom is -0.496 e. The summed E-state index contributed by atoms with van der Waals surface area (Å²) in [4.78, 5) is 82.4. The Morgan fingerprint density at radius 3 is 2.41 bits per heavy atom. The van der Waals surface area contributed by atoms with Gasteiger partial charge in [0.05, 0.1) is 32.2 Å². The molecule has 2 aliphatic carbocycles. The van der Waals surface area contributed by atoms with Crippen molar-refractivity contribution in [2.24, 2.45) is 22.4 Å². The molecule has 13 nitrogen and oxygen atoms in total. The Morgan fingerprint density at radius 1 is 1.12 bits per heavy atom.